The molecule has 0 saturated carbocycles. The lowest BCUT2D eigenvalue weighted by Gasteiger charge is -2.07. The van der Waals surface area contributed by atoms with Gasteiger partial charge in [0.15, 0.2) is 0 Å². The highest BCUT2D eigenvalue weighted by Gasteiger charge is 2.08. The fourth-order valence-electron chi connectivity index (χ4n) is 1.54. The van der Waals surface area contributed by atoms with E-state index < -0.39 is 11.8 Å². The molecule has 2 aromatic heterocycles. The van der Waals surface area contributed by atoms with Gasteiger partial charge in [-0.3, -0.25) is 30.2 Å². The Morgan fingerprint density at radius 1 is 1.09 bits per heavy atom. The van der Waals surface area contributed by atoms with Gasteiger partial charge in [0.1, 0.15) is 0 Å². The monoisotopic (exact) mass is 318 g/mol. The fraction of sp³-hybridized carbons (Fsp3) is 0.143. The number of hydrogen-bond donors (Lipinski definition) is 3. The lowest BCUT2D eigenvalue weighted by molar-refractivity contribution is -0.121. The lowest BCUT2D eigenvalue weighted by Crippen LogP contribution is -2.42. The Bertz CT molecular complexity index is 643. The Kier molecular flexibility index (Phi) is 5.61. The molecule has 0 aliphatic rings. The van der Waals surface area contributed by atoms with E-state index in [2.05, 4.69) is 21.2 Å². The first-order valence-corrected chi connectivity index (χ1v) is 7.40. The van der Waals surface area contributed by atoms with Crippen molar-refractivity contribution in [1.82, 2.24) is 21.2 Å². The van der Waals surface area contributed by atoms with Gasteiger partial charge in [-0.1, -0.05) is 0 Å². The van der Waals surface area contributed by atoms with Crippen molar-refractivity contribution < 1.29 is 14.4 Å². The number of amides is 3. The minimum atomic E-state index is -0.455. The maximum absolute atomic E-state index is 11.7. The number of carbonyl (C=O) groups is 3. The van der Waals surface area contributed by atoms with E-state index in [1.165, 1.54) is 17.5 Å². The molecule has 0 spiro atoms. The molecule has 0 aromatic carbocycles. The van der Waals surface area contributed by atoms with Crippen molar-refractivity contribution >= 4 is 29.1 Å². The molecule has 0 bridgehead atoms. The molecule has 114 valence electrons. The van der Waals surface area contributed by atoms with Crippen LogP contribution in [0.3, 0.4) is 0 Å². The Morgan fingerprint density at radius 3 is 2.64 bits per heavy atom. The Balaban J connectivity index is 1.66. The van der Waals surface area contributed by atoms with Crippen molar-refractivity contribution in [2.45, 2.75) is 6.42 Å². The van der Waals surface area contributed by atoms with E-state index in [9.17, 15) is 14.4 Å². The second-order valence-corrected chi connectivity index (χ2v) is 5.04. The summed E-state index contributed by atoms with van der Waals surface area (Å²) in [7, 11) is 0. The average molecular weight is 318 g/mol. The van der Waals surface area contributed by atoms with Crippen molar-refractivity contribution in [1.29, 1.82) is 0 Å². The number of aromatic nitrogens is 1. The molecule has 0 unspecified atom stereocenters. The summed E-state index contributed by atoms with van der Waals surface area (Å²) in [5.41, 5.74) is 5.46. The molecular weight excluding hydrogens is 304 g/mol. The Hall–Kier alpha value is -2.74. The summed E-state index contributed by atoms with van der Waals surface area (Å²) in [5, 5.41) is 6.15. The number of hydrazine groups is 1. The van der Waals surface area contributed by atoms with Gasteiger partial charge in [-0.2, -0.15) is 11.3 Å². The molecule has 7 nitrogen and oxygen atoms in total. The third kappa shape index (κ3) is 4.67. The molecule has 0 fully saturated rings. The lowest BCUT2D eigenvalue weighted by atomic mass is 10.3. The average Bonchev–Trinajstić information content (AvgIpc) is 3.08. The minimum Gasteiger partial charge on any atom is -0.351 e. The van der Waals surface area contributed by atoms with Crippen LogP contribution in [0, 0.1) is 0 Å². The predicted molar refractivity (Wildman–Crippen MR) is 81.1 cm³/mol. The molecule has 3 amide bonds. The maximum atomic E-state index is 11.7. The summed E-state index contributed by atoms with van der Waals surface area (Å²) < 4.78 is 0. The fourth-order valence-corrected chi connectivity index (χ4v) is 2.18. The van der Waals surface area contributed by atoms with Crippen molar-refractivity contribution in [3.8, 4) is 0 Å². The normalized spacial score (nSPS) is 9.82. The molecule has 0 aliphatic heterocycles. The van der Waals surface area contributed by atoms with E-state index in [0.29, 0.717) is 11.1 Å². The summed E-state index contributed by atoms with van der Waals surface area (Å²) in [6, 6.07) is 4.90. The molecule has 2 aromatic rings. The van der Waals surface area contributed by atoms with Crippen molar-refractivity contribution in [2.24, 2.45) is 0 Å². The van der Waals surface area contributed by atoms with Gasteiger partial charge in [0.2, 0.25) is 5.91 Å². The van der Waals surface area contributed by atoms with Gasteiger partial charge >= 0.3 is 0 Å². The van der Waals surface area contributed by atoms with Crippen molar-refractivity contribution in [3.05, 3.63) is 52.5 Å². The zero-order valence-corrected chi connectivity index (χ0v) is 12.4. The van der Waals surface area contributed by atoms with E-state index in [0.717, 1.165) is 0 Å². The molecule has 22 heavy (non-hydrogen) atoms. The smallest absolute Gasteiger partial charge is 0.271 e. The first-order valence-electron chi connectivity index (χ1n) is 6.46. The van der Waals surface area contributed by atoms with E-state index in [1.807, 2.05) is 0 Å². The van der Waals surface area contributed by atoms with Crippen molar-refractivity contribution in [3.63, 3.8) is 0 Å². The molecular formula is C14H14N4O3S. The Labute approximate surface area is 130 Å². The van der Waals surface area contributed by atoms with Gasteiger partial charge in [0.25, 0.3) is 11.8 Å². The molecule has 2 heterocycles. The predicted octanol–water partition coefficient (Wildman–Crippen LogP) is 0.724. The molecule has 0 saturated heterocycles. The first kappa shape index (κ1) is 15.6. The minimum absolute atomic E-state index is 0.0587. The van der Waals surface area contributed by atoms with Crippen LogP contribution >= 0.6 is 11.3 Å². The van der Waals surface area contributed by atoms with Gasteiger partial charge in [-0.05, 0) is 23.6 Å². The second-order valence-electron chi connectivity index (χ2n) is 4.26. The number of pyridine rings is 1. The summed E-state index contributed by atoms with van der Waals surface area (Å²) in [5.74, 6) is -1.08. The largest absolute Gasteiger partial charge is 0.351 e. The molecule has 0 aliphatic carbocycles. The SMILES string of the molecule is O=C(CCNC(=O)c1ccsc1)NNC(=O)c1cccnc1. The van der Waals surface area contributed by atoms with Crippen LogP contribution < -0.4 is 16.2 Å². The standard InChI is InChI=1S/C14H14N4O3S/c19-12(3-6-16-13(20)11-4-7-22-9-11)17-18-14(21)10-2-1-5-15-8-10/h1-2,4-5,7-9H,3,6H2,(H,16,20)(H,17,19)(H,18,21). The van der Waals surface area contributed by atoms with E-state index in [1.54, 1.807) is 35.2 Å². The van der Waals surface area contributed by atoms with Gasteiger partial charge in [-0.25, -0.2) is 0 Å². The molecule has 0 atom stereocenters. The summed E-state index contributed by atoms with van der Waals surface area (Å²) in [4.78, 5) is 38.6. The van der Waals surface area contributed by atoms with E-state index >= 15 is 0 Å². The maximum Gasteiger partial charge on any atom is 0.271 e. The van der Waals surface area contributed by atoms with Crippen LogP contribution in [0.2, 0.25) is 0 Å². The van der Waals surface area contributed by atoms with E-state index in [4.69, 9.17) is 0 Å². The number of thiophene rings is 1. The summed E-state index contributed by atoms with van der Waals surface area (Å²) >= 11 is 1.42. The van der Waals surface area contributed by atoms with Crippen LogP contribution in [-0.2, 0) is 4.79 Å². The highest BCUT2D eigenvalue weighted by atomic mass is 32.1. The second kappa shape index (κ2) is 7.89. The quantitative estimate of drug-likeness (QED) is 0.707. The van der Waals surface area contributed by atoms with Crippen LogP contribution in [0.15, 0.2) is 41.4 Å². The third-order valence-electron chi connectivity index (χ3n) is 2.66. The van der Waals surface area contributed by atoms with Crippen LogP contribution in [0.5, 0.6) is 0 Å². The van der Waals surface area contributed by atoms with Gasteiger partial charge < -0.3 is 5.32 Å². The molecule has 2 rings (SSSR count). The van der Waals surface area contributed by atoms with Crippen LogP contribution in [0.25, 0.3) is 0 Å². The highest BCUT2D eigenvalue weighted by Crippen LogP contribution is 2.04. The summed E-state index contributed by atoms with van der Waals surface area (Å²) in [6.07, 6.45) is 3.00. The molecule has 0 radical (unpaired) electrons. The zero-order valence-electron chi connectivity index (χ0n) is 11.5. The number of nitrogens with zero attached hydrogens (tertiary/aromatic N) is 1. The van der Waals surface area contributed by atoms with Crippen LogP contribution in [0.1, 0.15) is 27.1 Å². The number of hydrogen-bond acceptors (Lipinski definition) is 5. The third-order valence-corrected chi connectivity index (χ3v) is 3.34. The topological polar surface area (TPSA) is 100 Å². The molecule has 8 heteroatoms. The van der Waals surface area contributed by atoms with Gasteiger partial charge in [-0.15, -0.1) is 0 Å². The molecule has 3 N–H and O–H groups in total. The Morgan fingerprint density at radius 2 is 1.95 bits per heavy atom. The summed E-state index contributed by atoms with van der Waals surface area (Å²) in [6.45, 7) is 0.184. The van der Waals surface area contributed by atoms with Crippen molar-refractivity contribution in [2.75, 3.05) is 6.54 Å². The number of rotatable bonds is 5. The van der Waals surface area contributed by atoms with Crippen LogP contribution in [0.4, 0.5) is 0 Å². The zero-order chi connectivity index (χ0) is 15.8. The number of nitrogens with one attached hydrogen (secondary N) is 3. The number of carbonyl (C=O) groups excluding carboxylic acids is 3. The van der Waals surface area contributed by atoms with Gasteiger partial charge in [0.05, 0.1) is 5.56 Å². The van der Waals surface area contributed by atoms with Crippen LogP contribution in [-0.4, -0.2) is 29.3 Å². The van der Waals surface area contributed by atoms with E-state index in [-0.39, 0.29) is 18.9 Å². The highest BCUT2D eigenvalue weighted by molar-refractivity contribution is 7.08. The first-order chi connectivity index (χ1) is 10.7. The van der Waals surface area contributed by atoms with Gasteiger partial charge in [0, 0.05) is 36.3 Å².